The van der Waals surface area contributed by atoms with Gasteiger partial charge >= 0.3 is 0 Å². The van der Waals surface area contributed by atoms with Crippen molar-refractivity contribution in [1.82, 2.24) is 0 Å². The van der Waals surface area contributed by atoms with Crippen molar-refractivity contribution < 1.29 is 9.18 Å². The number of anilines is 1. The highest BCUT2D eigenvalue weighted by molar-refractivity contribution is 8.02. The van der Waals surface area contributed by atoms with Crippen molar-refractivity contribution in [3.05, 3.63) is 71.9 Å². The number of hydrogen-bond acceptors (Lipinski definition) is 2. The van der Waals surface area contributed by atoms with Crippen LogP contribution in [0.2, 0.25) is 0 Å². The molecule has 0 unspecified atom stereocenters. The van der Waals surface area contributed by atoms with E-state index in [0.717, 1.165) is 4.90 Å². The lowest BCUT2D eigenvalue weighted by Gasteiger charge is -2.02. The van der Waals surface area contributed by atoms with Gasteiger partial charge in [-0.25, -0.2) is 4.39 Å². The van der Waals surface area contributed by atoms with Crippen LogP contribution in [0.25, 0.3) is 0 Å². The summed E-state index contributed by atoms with van der Waals surface area (Å²) in [4.78, 5) is 12.6. The van der Waals surface area contributed by atoms with Crippen molar-refractivity contribution in [1.29, 1.82) is 0 Å². The van der Waals surface area contributed by atoms with Gasteiger partial charge in [-0.2, -0.15) is 0 Å². The molecule has 0 spiro atoms. The van der Waals surface area contributed by atoms with Crippen molar-refractivity contribution in [2.24, 2.45) is 0 Å². The van der Waals surface area contributed by atoms with Crippen molar-refractivity contribution in [3.63, 3.8) is 0 Å². The normalized spacial score (nSPS) is 10.6. The first-order valence-electron chi connectivity index (χ1n) is 5.69. The van der Waals surface area contributed by atoms with Crippen molar-refractivity contribution in [2.45, 2.75) is 4.90 Å². The number of halogens is 1. The van der Waals surface area contributed by atoms with Crippen LogP contribution in [0.1, 0.15) is 0 Å². The first-order valence-corrected chi connectivity index (χ1v) is 6.57. The SMILES string of the molecule is O=C(/C=C/Sc1ccccc1)Nc1ccccc1F. The molecule has 0 aliphatic rings. The molecule has 0 radical (unpaired) electrons. The van der Waals surface area contributed by atoms with E-state index in [9.17, 15) is 9.18 Å². The maximum Gasteiger partial charge on any atom is 0.248 e. The van der Waals surface area contributed by atoms with E-state index in [1.807, 2.05) is 30.3 Å². The molecule has 2 rings (SSSR count). The average molecular weight is 273 g/mol. The zero-order valence-corrected chi connectivity index (χ0v) is 10.9. The Morgan fingerprint density at radius 1 is 1.05 bits per heavy atom. The quantitative estimate of drug-likeness (QED) is 0.672. The van der Waals surface area contributed by atoms with E-state index >= 15 is 0 Å². The summed E-state index contributed by atoms with van der Waals surface area (Å²) in [6.07, 6.45) is 1.38. The van der Waals surface area contributed by atoms with Crippen LogP contribution in [-0.2, 0) is 4.79 Å². The Kier molecular flexibility index (Phi) is 4.75. The van der Waals surface area contributed by atoms with Crippen LogP contribution in [0.15, 0.2) is 71.0 Å². The van der Waals surface area contributed by atoms with E-state index in [1.165, 1.54) is 30.0 Å². The van der Waals surface area contributed by atoms with E-state index in [4.69, 9.17) is 0 Å². The van der Waals surface area contributed by atoms with E-state index in [0.29, 0.717) is 0 Å². The fraction of sp³-hybridized carbons (Fsp3) is 0. The molecule has 0 aliphatic heterocycles. The van der Waals surface area contributed by atoms with Gasteiger partial charge in [0.15, 0.2) is 0 Å². The molecule has 0 saturated carbocycles. The minimum absolute atomic E-state index is 0.182. The number of nitrogens with one attached hydrogen (secondary N) is 1. The Morgan fingerprint density at radius 2 is 1.74 bits per heavy atom. The smallest absolute Gasteiger partial charge is 0.248 e. The lowest BCUT2D eigenvalue weighted by Crippen LogP contribution is -2.08. The molecule has 0 atom stereocenters. The van der Waals surface area contributed by atoms with Gasteiger partial charge in [0.2, 0.25) is 5.91 Å². The Balaban J connectivity index is 1.90. The van der Waals surface area contributed by atoms with Crippen LogP contribution < -0.4 is 5.32 Å². The van der Waals surface area contributed by atoms with E-state index < -0.39 is 5.82 Å². The number of carbonyl (C=O) groups excluding carboxylic acids is 1. The number of para-hydroxylation sites is 1. The van der Waals surface area contributed by atoms with Gasteiger partial charge in [-0.1, -0.05) is 42.1 Å². The molecule has 0 heterocycles. The summed E-state index contributed by atoms with van der Waals surface area (Å²) < 4.78 is 13.3. The summed E-state index contributed by atoms with van der Waals surface area (Å²) in [7, 11) is 0. The Labute approximate surface area is 115 Å². The molecule has 96 valence electrons. The lowest BCUT2D eigenvalue weighted by atomic mass is 10.3. The zero-order chi connectivity index (χ0) is 13.5. The highest BCUT2D eigenvalue weighted by Crippen LogP contribution is 2.18. The number of benzene rings is 2. The standard InChI is InChI=1S/C15H12FNOS/c16-13-8-4-5-9-14(13)17-15(18)10-11-19-12-6-2-1-3-7-12/h1-11H,(H,17,18)/b11-10+. The van der Waals surface area contributed by atoms with Gasteiger partial charge in [0.05, 0.1) is 5.69 Å². The van der Waals surface area contributed by atoms with Gasteiger partial charge in [-0.05, 0) is 29.7 Å². The predicted molar refractivity (Wildman–Crippen MR) is 76.5 cm³/mol. The molecule has 19 heavy (non-hydrogen) atoms. The highest BCUT2D eigenvalue weighted by atomic mass is 32.2. The van der Waals surface area contributed by atoms with E-state index in [-0.39, 0.29) is 11.6 Å². The third-order valence-electron chi connectivity index (χ3n) is 2.30. The minimum atomic E-state index is -0.444. The van der Waals surface area contributed by atoms with Gasteiger partial charge in [0, 0.05) is 11.0 Å². The zero-order valence-electron chi connectivity index (χ0n) is 10.0. The topological polar surface area (TPSA) is 29.1 Å². The van der Waals surface area contributed by atoms with Gasteiger partial charge in [-0.3, -0.25) is 4.79 Å². The molecule has 1 N–H and O–H groups in total. The van der Waals surface area contributed by atoms with Crippen LogP contribution >= 0.6 is 11.8 Å². The van der Waals surface area contributed by atoms with E-state index in [1.54, 1.807) is 17.5 Å². The third kappa shape index (κ3) is 4.26. The summed E-state index contributed by atoms with van der Waals surface area (Å²) >= 11 is 1.43. The fourth-order valence-corrected chi connectivity index (χ4v) is 2.07. The first kappa shape index (κ1) is 13.4. The van der Waals surface area contributed by atoms with Crippen LogP contribution in [0.4, 0.5) is 10.1 Å². The fourth-order valence-electron chi connectivity index (χ4n) is 1.41. The maximum atomic E-state index is 13.3. The molecule has 2 aromatic rings. The Hall–Kier alpha value is -2.07. The number of hydrogen-bond donors (Lipinski definition) is 1. The van der Waals surface area contributed by atoms with Crippen LogP contribution in [-0.4, -0.2) is 5.91 Å². The van der Waals surface area contributed by atoms with Crippen molar-refractivity contribution in [2.75, 3.05) is 5.32 Å². The van der Waals surface area contributed by atoms with Crippen molar-refractivity contribution >= 4 is 23.4 Å². The molecule has 1 amide bonds. The monoisotopic (exact) mass is 273 g/mol. The van der Waals surface area contributed by atoms with Crippen LogP contribution in [0.5, 0.6) is 0 Å². The van der Waals surface area contributed by atoms with Gasteiger partial charge in [0.1, 0.15) is 5.82 Å². The van der Waals surface area contributed by atoms with Crippen molar-refractivity contribution in [3.8, 4) is 0 Å². The number of carbonyl (C=O) groups is 1. The summed E-state index contributed by atoms with van der Waals surface area (Å²) in [5.41, 5.74) is 0.182. The molecule has 2 nitrogen and oxygen atoms in total. The van der Waals surface area contributed by atoms with Crippen LogP contribution in [0.3, 0.4) is 0 Å². The second-order valence-electron chi connectivity index (χ2n) is 3.70. The number of thioether (sulfide) groups is 1. The van der Waals surface area contributed by atoms with Gasteiger partial charge in [0.25, 0.3) is 0 Å². The summed E-state index contributed by atoms with van der Waals surface area (Å²) in [5, 5.41) is 4.15. The maximum absolute atomic E-state index is 13.3. The number of amides is 1. The molecule has 0 fully saturated rings. The largest absolute Gasteiger partial charge is 0.320 e. The summed E-state index contributed by atoms with van der Waals surface area (Å²) in [5.74, 6) is -0.798. The second kappa shape index (κ2) is 6.75. The van der Waals surface area contributed by atoms with E-state index in [2.05, 4.69) is 5.32 Å². The number of rotatable bonds is 4. The Bertz CT molecular complexity index is 584. The molecule has 0 aliphatic carbocycles. The molecular weight excluding hydrogens is 261 g/mol. The van der Waals surface area contributed by atoms with Gasteiger partial charge < -0.3 is 5.32 Å². The first-order chi connectivity index (χ1) is 9.25. The molecule has 4 heteroatoms. The predicted octanol–water partition coefficient (Wildman–Crippen LogP) is 4.07. The molecule has 0 bridgehead atoms. The second-order valence-corrected chi connectivity index (χ2v) is 4.68. The highest BCUT2D eigenvalue weighted by Gasteiger charge is 2.02. The minimum Gasteiger partial charge on any atom is -0.320 e. The van der Waals surface area contributed by atoms with Gasteiger partial charge in [-0.15, -0.1) is 0 Å². The molecule has 0 saturated heterocycles. The molecule has 0 aromatic heterocycles. The van der Waals surface area contributed by atoms with Crippen LogP contribution in [0, 0.1) is 5.82 Å². The Morgan fingerprint density at radius 3 is 2.47 bits per heavy atom. The average Bonchev–Trinajstić information content (AvgIpc) is 2.43. The molecule has 2 aromatic carbocycles. The summed E-state index contributed by atoms with van der Waals surface area (Å²) in [6.45, 7) is 0. The third-order valence-corrected chi connectivity index (χ3v) is 3.11. The molecular formula is C15H12FNOS. The lowest BCUT2D eigenvalue weighted by molar-refractivity contribution is -0.111. The summed E-state index contributed by atoms with van der Waals surface area (Å²) in [6, 6.07) is 15.7.